The number of hydrogen-bond donors (Lipinski definition) is 0. The number of anilines is 2. The third kappa shape index (κ3) is 4.72. The van der Waals surface area contributed by atoms with Crippen LogP contribution in [0.1, 0.15) is 53.4 Å². The molecule has 39 heavy (non-hydrogen) atoms. The second-order valence-corrected chi connectivity index (χ2v) is 15.1. The first-order valence-corrected chi connectivity index (χ1v) is 16.9. The lowest BCUT2D eigenvalue weighted by atomic mass is 9.36. The predicted octanol–water partition coefficient (Wildman–Crippen LogP) is 6.88. The fraction of sp³-hybridized carbons (Fsp3) is 0.471. The maximum Gasteiger partial charge on any atom is 0.247 e. The molecule has 0 N–H and O–H groups in total. The van der Waals surface area contributed by atoms with E-state index in [1.165, 1.54) is 99.2 Å². The van der Waals surface area contributed by atoms with E-state index >= 15 is 0 Å². The van der Waals surface area contributed by atoms with Crippen LogP contribution in [0.5, 0.6) is 0 Å². The average molecular weight is 553 g/mol. The van der Waals surface area contributed by atoms with Crippen LogP contribution < -0.4 is 26.2 Å². The molecule has 0 aromatic heterocycles. The Labute approximate surface area is 244 Å². The quantitative estimate of drug-likeness (QED) is 0.224. The molecule has 0 bridgehead atoms. The minimum atomic E-state index is 0.338. The van der Waals surface area contributed by atoms with E-state index in [4.69, 9.17) is 0 Å². The van der Waals surface area contributed by atoms with Gasteiger partial charge in [-0.15, -0.1) is 0 Å². The Hall–Kier alpha value is -1.98. The van der Waals surface area contributed by atoms with Gasteiger partial charge in [0.15, 0.2) is 0 Å². The molecule has 2 nitrogen and oxygen atoms in total. The topological polar surface area (TPSA) is 6.48 Å². The number of rotatable bonds is 4. The average Bonchev–Trinajstić information content (AvgIpc) is 2.96. The molecular weight excluding hydrogens is 511 g/mol. The minimum Gasteiger partial charge on any atom is -0.371 e. The highest BCUT2D eigenvalue weighted by molar-refractivity contribution is 8.01. The van der Waals surface area contributed by atoms with Crippen molar-refractivity contribution in [3.8, 4) is 0 Å². The molecule has 0 aliphatic carbocycles. The Morgan fingerprint density at radius 2 is 1.05 bits per heavy atom. The highest BCUT2D eigenvalue weighted by Crippen LogP contribution is 2.41. The monoisotopic (exact) mass is 552 g/mol. The van der Waals surface area contributed by atoms with Gasteiger partial charge >= 0.3 is 0 Å². The van der Waals surface area contributed by atoms with Gasteiger partial charge in [0, 0.05) is 57.1 Å². The first-order valence-electron chi connectivity index (χ1n) is 15.2. The van der Waals surface area contributed by atoms with E-state index in [2.05, 4.69) is 92.1 Å². The zero-order valence-electron chi connectivity index (χ0n) is 24.0. The van der Waals surface area contributed by atoms with Crippen LogP contribution in [0.15, 0.2) is 74.2 Å². The molecule has 0 unspecified atom stereocenters. The second-order valence-electron chi connectivity index (χ2n) is 12.9. The summed E-state index contributed by atoms with van der Waals surface area (Å²) in [4.78, 5) is 11.0. The maximum absolute atomic E-state index is 2.63. The van der Waals surface area contributed by atoms with Crippen molar-refractivity contribution in [2.45, 2.75) is 73.0 Å². The van der Waals surface area contributed by atoms with Crippen LogP contribution in [0.4, 0.5) is 11.4 Å². The largest absolute Gasteiger partial charge is 0.371 e. The fourth-order valence-corrected chi connectivity index (χ4v) is 9.92. The number of nitrogens with zero attached hydrogens (tertiary/aromatic N) is 2. The summed E-state index contributed by atoms with van der Waals surface area (Å²) in [6.45, 7) is 14.6. The van der Waals surface area contributed by atoms with Crippen LogP contribution in [-0.4, -0.2) is 32.9 Å². The van der Waals surface area contributed by atoms with Crippen molar-refractivity contribution in [2.24, 2.45) is 23.7 Å². The molecule has 7 rings (SSSR count). The number of fused-ring (bicyclic) bond motifs is 4. The van der Waals surface area contributed by atoms with Gasteiger partial charge in [0.2, 0.25) is 6.71 Å². The van der Waals surface area contributed by atoms with Crippen LogP contribution in [0.25, 0.3) is 0 Å². The molecular formula is C34H41BN2S2. The lowest BCUT2D eigenvalue weighted by Crippen LogP contribution is -2.58. The molecule has 5 heteroatoms. The van der Waals surface area contributed by atoms with Crippen molar-refractivity contribution in [1.82, 2.24) is 0 Å². The Bertz CT molecular complexity index is 1270. The molecule has 4 aliphatic rings. The van der Waals surface area contributed by atoms with Gasteiger partial charge < -0.3 is 9.80 Å². The van der Waals surface area contributed by atoms with E-state index in [9.17, 15) is 0 Å². The maximum atomic E-state index is 2.63. The summed E-state index contributed by atoms with van der Waals surface area (Å²) in [7, 11) is 0. The minimum absolute atomic E-state index is 0.338. The summed E-state index contributed by atoms with van der Waals surface area (Å²) < 4.78 is 0. The molecule has 3 aromatic rings. The summed E-state index contributed by atoms with van der Waals surface area (Å²) in [5.74, 6) is 3.35. The van der Waals surface area contributed by atoms with Crippen LogP contribution in [-0.2, 0) is 0 Å². The van der Waals surface area contributed by atoms with Crippen molar-refractivity contribution in [1.29, 1.82) is 0 Å². The Morgan fingerprint density at radius 3 is 1.46 bits per heavy atom. The first-order chi connectivity index (χ1) is 19.0. The van der Waals surface area contributed by atoms with Gasteiger partial charge in [0.1, 0.15) is 0 Å². The van der Waals surface area contributed by atoms with Crippen molar-refractivity contribution in [3.05, 3.63) is 54.6 Å². The fourth-order valence-electron chi connectivity index (χ4n) is 7.44. The third-order valence-corrected chi connectivity index (χ3v) is 12.4. The van der Waals surface area contributed by atoms with E-state index < -0.39 is 0 Å². The van der Waals surface area contributed by atoms with E-state index in [1.807, 2.05) is 23.5 Å². The zero-order valence-corrected chi connectivity index (χ0v) is 25.6. The summed E-state index contributed by atoms with van der Waals surface area (Å²) in [6.07, 6.45) is 5.27. The molecule has 2 fully saturated rings. The highest BCUT2D eigenvalue weighted by atomic mass is 32.2. The van der Waals surface area contributed by atoms with E-state index in [1.54, 1.807) is 0 Å². The van der Waals surface area contributed by atoms with Crippen molar-refractivity contribution < 1.29 is 0 Å². The molecule has 0 saturated carbocycles. The third-order valence-electron chi connectivity index (χ3n) is 10.1. The van der Waals surface area contributed by atoms with Crippen LogP contribution in [0.2, 0.25) is 0 Å². The van der Waals surface area contributed by atoms with Gasteiger partial charge in [-0.3, -0.25) is 0 Å². The molecule has 4 aliphatic heterocycles. The van der Waals surface area contributed by atoms with Gasteiger partial charge in [-0.2, -0.15) is 0 Å². The summed E-state index contributed by atoms with van der Waals surface area (Å²) in [6, 6.07) is 21.7. The zero-order chi connectivity index (χ0) is 26.7. The number of hydrogen-bond acceptors (Lipinski definition) is 4. The van der Waals surface area contributed by atoms with E-state index in [-0.39, 0.29) is 0 Å². The molecule has 0 spiro atoms. The van der Waals surface area contributed by atoms with E-state index in [0.717, 1.165) is 23.7 Å². The highest BCUT2D eigenvalue weighted by Gasteiger charge is 2.38. The van der Waals surface area contributed by atoms with Gasteiger partial charge in [-0.05, 0) is 91.2 Å². The molecule has 202 valence electrons. The predicted molar refractivity (Wildman–Crippen MR) is 172 cm³/mol. The lowest BCUT2D eigenvalue weighted by molar-refractivity contribution is 0.311. The molecule has 3 aromatic carbocycles. The van der Waals surface area contributed by atoms with E-state index in [0.29, 0.717) is 6.71 Å². The standard InChI is InChI=1S/C34H41BN2S2/c1-22(2)24-12-16-36(17-13-24)26-8-10-28-32(20-26)38-30-6-5-7-31-34(30)35(28)29-11-9-27(21-33(29)39-31)37-18-14-25(15-19-37)23(3)4/h5-11,20-25H,12-19H2,1-4H3. The first kappa shape index (κ1) is 26.0. The Morgan fingerprint density at radius 1 is 0.615 bits per heavy atom. The molecule has 0 radical (unpaired) electrons. The van der Waals surface area contributed by atoms with Crippen molar-refractivity contribution in [2.75, 3.05) is 36.0 Å². The van der Waals surface area contributed by atoms with Crippen LogP contribution in [0, 0.1) is 23.7 Å². The molecule has 0 atom stereocenters. The van der Waals surface area contributed by atoms with Crippen molar-refractivity contribution >= 4 is 58.0 Å². The van der Waals surface area contributed by atoms with Crippen LogP contribution >= 0.6 is 23.5 Å². The van der Waals surface area contributed by atoms with Gasteiger partial charge in [-0.25, -0.2) is 0 Å². The second kappa shape index (κ2) is 10.5. The summed E-state index contributed by atoms with van der Waals surface area (Å²) in [5.41, 5.74) is 7.34. The van der Waals surface area contributed by atoms with Gasteiger partial charge in [-0.1, -0.05) is 80.3 Å². The summed E-state index contributed by atoms with van der Waals surface area (Å²) >= 11 is 3.98. The van der Waals surface area contributed by atoms with Gasteiger partial charge in [0.25, 0.3) is 0 Å². The molecule has 0 amide bonds. The summed E-state index contributed by atoms with van der Waals surface area (Å²) in [5, 5.41) is 0. The SMILES string of the molecule is CC(C)C1CCN(c2ccc3c(c2)Sc2cccc4c2B3c2ccc(N3CCC(C(C)C)CC3)cc2S4)CC1. The smallest absolute Gasteiger partial charge is 0.247 e. The lowest BCUT2D eigenvalue weighted by Gasteiger charge is -2.38. The Balaban J connectivity index is 1.20. The van der Waals surface area contributed by atoms with Crippen LogP contribution in [0.3, 0.4) is 0 Å². The number of piperidine rings is 2. The van der Waals surface area contributed by atoms with Crippen molar-refractivity contribution in [3.63, 3.8) is 0 Å². The molecule has 4 heterocycles. The Kier molecular flexibility index (Phi) is 6.96. The van der Waals surface area contributed by atoms with Gasteiger partial charge in [0.05, 0.1) is 0 Å². The number of benzene rings is 3. The normalized spacial score (nSPS) is 19.4. The molecule has 2 saturated heterocycles.